The summed E-state index contributed by atoms with van der Waals surface area (Å²) < 4.78 is 0. The average Bonchev–Trinajstić information content (AvgIpc) is 2.92. The van der Waals surface area contributed by atoms with Gasteiger partial charge in [-0.1, -0.05) is 42.5 Å². The summed E-state index contributed by atoms with van der Waals surface area (Å²) in [6.07, 6.45) is -0.807. The van der Waals surface area contributed by atoms with Crippen LogP contribution in [0.1, 0.15) is 24.1 Å². The smallest absolute Gasteiger partial charge is 0.295 e. The Morgan fingerprint density at radius 3 is 2.21 bits per heavy atom. The molecule has 3 rings (SSSR count). The minimum absolute atomic E-state index is 0.00373. The van der Waals surface area contributed by atoms with Gasteiger partial charge in [0.15, 0.2) is 0 Å². The number of aliphatic hydroxyl groups is 2. The van der Waals surface area contributed by atoms with E-state index in [-0.39, 0.29) is 17.9 Å². The van der Waals surface area contributed by atoms with Gasteiger partial charge < -0.3 is 20.0 Å². The summed E-state index contributed by atoms with van der Waals surface area (Å²) in [5.41, 5.74) is 2.17. The molecule has 1 aliphatic heterocycles. The lowest BCUT2D eigenvalue weighted by Gasteiger charge is -2.26. The fourth-order valence-corrected chi connectivity index (χ4v) is 3.41. The molecule has 0 bridgehead atoms. The Morgan fingerprint density at radius 2 is 1.68 bits per heavy atom. The van der Waals surface area contributed by atoms with Crippen molar-refractivity contribution in [1.82, 2.24) is 4.90 Å². The molecule has 0 radical (unpaired) electrons. The lowest BCUT2D eigenvalue weighted by atomic mass is 9.95. The first-order valence-electron chi connectivity index (χ1n) is 9.10. The van der Waals surface area contributed by atoms with Crippen molar-refractivity contribution in [2.45, 2.75) is 19.1 Å². The Balaban J connectivity index is 2.15. The van der Waals surface area contributed by atoms with Crippen molar-refractivity contribution in [3.05, 3.63) is 71.3 Å². The Hall–Kier alpha value is -3.12. The number of hydrogen-bond donors (Lipinski definition) is 2. The van der Waals surface area contributed by atoms with E-state index in [0.717, 1.165) is 5.69 Å². The second-order valence-electron chi connectivity index (χ2n) is 7.15. The van der Waals surface area contributed by atoms with Gasteiger partial charge in [-0.05, 0) is 24.6 Å². The molecule has 0 aliphatic carbocycles. The van der Waals surface area contributed by atoms with Crippen molar-refractivity contribution in [2.75, 3.05) is 25.5 Å². The van der Waals surface area contributed by atoms with E-state index in [1.807, 2.05) is 43.3 Å². The van der Waals surface area contributed by atoms with E-state index in [1.165, 1.54) is 4.90 Å². The molecule has 2 N–H and O–H groups in total. The number of ketones is 1. The fourth-order valence-electron chi connectivity index (χ4n) is 3.41. The van der Waals surface area contributed by atoms with Gasteiger partial charge in [0.1, 0.15) is 5.76 Å². The van der Waals surface area contributed by atoms with Crippen LogP contribution in [0.5, 0.6) is 0 Å². The van der Waals surface area contributed by atoms with Crippen molar-refractivity contribution >= 4 is 23.1 Å². The predicted octanol–water partition coefficient (Wildman–Crippen LogP) is 2.56. The van der Waals surface area contributed by atoms with Gasteiger partial charge in [-0.15, -0.1) is 0 Å². The summed E-state index contributed by atoms with van der Waals surface area (Å²) in [6, 6.07) is 15.4. The highest BCUT2D eigenvalue weighted by Gasteiger charge is 2.46. The summed E-state index contributed by atoms with van der Waals surface area (Å²) >= 11 is 0. The van der Waals surface area contributed by atoms with Crippen molar-refractivity contribution < 1.29 is 19.8 Å². The fraction of sp³-hybridized carbons (Fsp3) is 0.273. The van der Waals surface area contributed by atoms with E-state index in [9.17, 15) is 19.8 Å². The van der Waals surface area contributed by atoms with Crippen LogP contribution in [0.2, 0.25) is 0 Å². The molecule has 1 aliphatic rings. The van der Waals surface area contributed by atoms with Crippen LogP contribution in [0.15, 0.2) is 60.2 Å². The first-order valence-corrected chi connectivity index (χ1v) is 9.10. The van der Waals surface area contributed by atoms with E-state index in [2.05, 4.69) is 0 Å². The number of amides is 1. The quantitative estimate of drug-likeness (QED) is 0.473. The van der Waals surface area contributed by atoms with Gasteiger partial charge in [-0.3, -0.25) is 9.59 Å². The Bertz CT molecular complexity index is 902. The van der Waals surface area contributed by atoms with E-state index in [4.69, 9.17) is 0 Å². The van der Waals surface area contributed by atoms with Crippen LogP contribution < -0.4 is 4.90 Å². The third-order valence-electron chi connectivity index (χ3n) is 4.77. The highest BCUT2D eigenvalue weighted by atomic mass is 16.3. The molecule has 0 saturated carbocycles. The van der Waals surface area contributed by atoms with E-state index < -0.39 is 23.8 Å². The number of aliphatic hydroxyl groups excluding tert-OH is 2. The molecule has 6 nitrogen and oxygen atoms in total. The summed E-state index contributed by atoms with van der Waals surface area (Å²) in [4.78, 5) is 28.7. The zero-order chi connectivity index (χ0) is 20.4. The molecule has 1 heterocycles. The zero-order valence-corrected chi connectivity index (χ0v) is 16.2. The van der Waals surface area contributed by atoms with Gasteiger partial charge in [0.25, 0.3) is 11.7 Å². The molecule has 1 fully saturated rings. The van der Waals surface area contributed by atoms with Crippen LogP contribution in [0, 0.1) is 0 Å². The Morgan fingerprint density at radius 1 is 1.07 bits per heavy atom. The zero-order valence-electron chi connectivity index (χ0n) is 16.2. The summed E-state index contributed by atoms with van der Waals surface area (Å²) in [6.45, 7) is 1.55. The van der Waals surface area contributed by atoms with Crippen molar-refractivity contribution in [3.63, 3.8) is 0 Å². The van der Waals surface area contributed by atoms with Gasteiger partial charge in [0, 0.05) is 31.9 Å². The predicted molar refractivity (Wildman–Crippen MR) is 108 cm³/mol. The second-order valence-corrected chi connectivity index (χ2v) is 7.15. The van der Waals surface area contributed by atoms with Crippen LogP contribution in [0.3, 0.4) is 0 Å². The molecule has 0 unspecified atom stereocenters. The Kier molecular flexibility index (Phi) is 5.51. The molecule has 0 aromatic heterocycles. The number of Topliss-reactive ketones (excluding diaryl/α,β-unsaturated/α-hetero) is 1. The summed E-state index contributed by atoms with van der Waals surface area (Å²) in [5, 5.41) is 20.7. The lowest BCUT2D eigenvalue weighted by Crippen LogP contribution is -2.35. The van der Waals surface area contributed by atoms with E-state index in [0.29, 0.717) is 11.1 Å². The molecule has 2 atom stereocenters. The van der Waals surface area contributed by atoms with Gasteiger partial charge in [-0.25, -0.2) is 0 Å². The molecule has 1 amide bonds. The van der Waals surface area contributed by atoms with E-state index in [1.54, 1.807) is 37.3 Å². The maximum Gasteiger partial charge on any atom is 0.295 e. The molecule has 2 aromatic rings. The minimum atomic E-state index is -0.807. The standard InChI is InChI=1S/C22H24N2O4/c1-14(25)13-24-19(15-9-11-17(12-10-15)23(2)3)18(21(27)22(24)28)20(26)16-7-5-4-6-8-16/h4-12,14,19,25-26H,13H2,1-3H3/t14-,19-/m0/s1. The normalized spacial score (nSPS) is 19.7. The van der Waals surface area contributed by atoms with Gasteiger partial charge >= 0.3 is 0 Å². The maximum absolute atomic E-state index is 12.8. The second kappa shape index (κ2) is 7.86. The monoisotopic (exact) mass is 380 g/mol. The number of benzene rings is 2. The minimum Gasteiger partial charge on any atom is -0.507 e. The van der Waals surface area contributed by atoms with Crippen LogP contribution in [0.25, 0.3) is 5.76 Å². The molecule has 2 aromatic carbocycles. The first kappa shape index (κ1) is 19.6. The number of carbonyl (C=O) groups excluding carboxylic acids is 2. The van der Waals surface area contributed by atoms with Gasteiger partial charge in [0.05, 0.1) is 17.7 Å². The molecule has 1 saturated heterocycles. The number of nitrogens with zero attached hydrogens (tertiary/aromatic N) is 2. The first-order chi connectivity index (χ1) is 13.3. The number of anilines is 1. The topological polar surface area (TPSA) is 81.1 Å². The maximum atomic E-state index is 12.8. The van der Waals surface area contributed by atoms with Crippen molar-refractivity contribution in [1.29, 1.82) is 0 Å². The van der Waals surface area contributed by atoms with Crippen LogP contribution in [-0.2, 0) is 9.59 Å². The average molecular weight is 380 g/mol. The number of β-amino-alcohol motifs (C(OH)–C–C–N with tert-alkyl or cyclic N) is 1. The Labute approximate surface area is 164 Å². The third-order valence-corrected chi connectivity index (χ3v) is 4.77. The summed E-state index contributed by atoms with van der Waals surface area (Å²) in [5.74, 6) is -1.68. The lowest BCUT2D eigenvalue weighted by molar-refractivity contribution is -0.140. The molecule has 146 valence electrons. The van der Waals surface area contributed by atoms with Crippen LogP contribution >= 0.6 is 0 Å². The number of carbonyl (C=O) groups is 2. The highest BCUT2D eigenvalue weighted by Crippen LogP contribution is 2.39. The van der Waals surface area contributed by atoms with Crippen LogP contribution in [-0.4, -0.2) is 53.5 Å². The van der Waals surface area contributed by atoms with Crippen molar-refractivity contribution in [3.8, 4) is 0 Å². The third kappa shape index (κ3) is 3.64. The van der Waals surface area contributed by atoms with Crippen LogP contribution in [0.4, 0.5) is 5.69 Å². The molecular formula is C22H24N2O4. The van der Waals surface area contributed by atoms with Crippen molar-refractivity contribution in [2.24, 2.45) is 0 Å². The molecule has 0 spiro atoms. The number of hydrogen-bond acceptors (Lipinski definition) is 5. The van der Waals surface area contributed by atoms with E-state index >= 15 is 0 Å². The largest absolute Gasteiger partial charge is 0.507 e. The molecule has 28 heavy (non-hydrogen) atoms. The highest BCUT2D eigenvalue weighted by molar-refractivity contribution is 6.46. The van der Waals surface area contributed by atoms with Gasteiger partial charge in [0.2, 0.25) is 0 Å². The summed E-state index contributed by atoms with van der Waals surface area (Å²) in [7, 11) is 3.84. The number of likely N-dealkylation sites (tertiary alicyclic amines) is 1. The SMILES string of the molecule is C[C@H](O)CN1C(=O)C(=O)C(=C(O)c2ccccc2)[C@@H]1c1ccc(N(C)C)cc1. The molecular weight excluding hydrogens is 356 g/mol. The number of rotatable bonds is 5. The molecule has 6 heteroatoms. The van der Waals surface area contributed by atoms with Gasteiger partial charge in [-0.2, -0.15) is 0 Å².